The summed E-state index contributed by atoms with van der Waals surface area (Å²) in [6.07, 6.45) is 13.6. The topological polar surface area (TPSA) is 46.5 Å². The number of rotatable bonds is 9. The van der Waals surface area contributed by atoms with Crippen molar-refractivity contribution in [3.63, 3.8) is 0 Å². The van der Waals surface area contributed by atoms with Crippen molar-refractivity contribution in [2.45, 2.75) is 51.0 Å². The highest BCUT2D eigenvalue weighted by Gasteiger charge is 2.47. The number of carbonyl (C=O) groups is 1. The van der Waals surface area contributed by atoms with Gasteiger partial charge in [-0.2, -0.15) is 0 Å². The summed E-state index contributed by atoms with van der Waals surface area (Å²) in [7, 11) is 0. The van der Waals surface area contributed by atoms with Gasteiger partial charge in [0.15, 0.2) is 0 Å². The summed E-state index contributed by atoms with van der Waals surface area (Å²) in [6.45, 7) is 4.39. The number of ether oxygens (including phenoxy) is 1. The Hall–Kier alpha value is -1.09. The molecule has 3 heteroatoms. The number of hydrogen-bond acceptors (Lipinski definition) is 2. The van der Waals surface area contributed by atoms with E-state index in [-0.39, 0.29) is 6.42 Å². The zero-order valence-electron chi connectivity index (χ0n) is 12.2. The molecule has 2 aliphatic rings. The van der Waals surface area contributed by atoms with E-state index in [1.807, 2.05) is 6.08 Å². The number of fused-ring (bicyclic) bond motifs is 2. The second-order valence-electron chi connectivity index (χ2n) is 6.08. The predicted molar refractivity (Wildman–Crippen MR) is 79.5 cm³/mol. The minimum absolute atomic E-state index is 0.267. The van der Waals surface area contributed by atoms with Crippen molar-refractivity contribution in [1.29, 1.82) is 0 Å². The molecule has 112 valence electrons. The van der Waals surface area contributed by atoms with Crippen LogP contribution in [0.5, 0.6) is 0 Å². The lowest BCUT2D eigenvalue weighted by molar-refractivity contribution is -0.137. The fourth-order valence-corrected chi connectivity index (χ4v) is 3.87. The Morgan fingerprint density at radius 2 is 2.10 bits per heavy atom. The number of unbranched alkanes of at least 4 members (excludes halogenated alkanes) is 1. The first-order valence-electron chi connectivity index (χ1n) is 7.81. The van der Waals surface area contributed by atoms with Crippen LogP contribution >= 0.6 is 0 Å². The molecule has 0 radical (unpaired) electrons. The molecule has 2 rings (SSSR count). The van der Waals surface area contributed by atoms with Crippen LogP contribution in [0.1, 0.15) is 44.9 Å². The first-order chi connectivity index (χ1) is 9.72. The monoisotopic (exact) mass is 278 g/mol. The zero-order valence-corrected chi connectivity index (χ0v) is 12.2. The number of carboxylic acids is 1. The van der Waals surface area contributed by atoms with Crippen molar-refractivity contribution in [2.24, 2.45) is 17.8 Å². The van der Waals surface area contributed by atoms with Crippen LogP contribution in [0.15, 0.2) is 24.8 Å². The summed E-state index contributed by atoms with van der Waals surface area (Å²) < 4.78 is 5.98. The number of hydrogen-bond donors (Lipinski definition) is 1. The molecule has 4 atom stereocenters. The van der Waals surface area contributed by atoms with Crippen molar-refractivity contribution in [1.82, 2.24) is 0 Å². The minimum Gasteiger partial charge on any atom is -0.481 e. The van der Waals surface area contributed by atoms with Crippen LogP contribution in [-0.2, 0) is 9.53 Å². The standard InChI is InChI=1S/C17H26O3/c1-2-11-20-17-14-10-9-13(12-14)15(17)7-5-3-4-6-8-16(18)19/h2-3,5,13-15,17H,1,4,6-12H2,(H,18,19)/b5-3-/t13-,14+,15-,17+/m0/s1. The van der Waals surface area contributed by atoms with Crippen LogP contribution < -0.4 is 0 Å². The highest BCUT2D eigenvalue weighted by molar-refractivity contribution is 5.66. The average Bonchev–Trinajstić information content (AvgIpc) is 3.01. The lowest BCUT2D eigenvalue weighted by Crippen LogP contribution is -2.30. The summed E-state index contributed by atoms with van der Waals surface area (Å²) >= 11 is 0. The molecule has 1 N–H and O–H groups in total. The minimum atomic E-state index is -0.704. The molecule has 0 saturated heterocycles. The normalized spacial score (nSPS) is 32.0. The highest BCUT2D eigenvalue weighted by Crippen LogP contribution is 2.51. The van der Waals surface area contributed by atoms with E-state index in [0.717, 1.165) is 31.1 Å². The Morgan fingerprint density at radius 3 is 2.85 bits per heavy atom. The van der Waals surface area contributed by atoms with Crippen molar-refractivity contribution in [3.8, 4) is 0 Å². The fourth-order valence-electron chi connectivity index (χ4n) is 3.87. The molecule has 0 aromatic rings. The Kier molecular flexibility index (Phi) is 5.84. The van der Waals surface area contributed by atoms with Crippen molar-refractivity contribution in [2.75, 3.05) is 6.61 Å². The third-order valence-electron chi connectivity index (χ3n) is 4.75. The first kappa shape index (κ1) is 15.3. The molecule has 0 amide bonds. The van der Waals surface area contributed by atoms with Gasteiger partial charge in [0.1, 0.15) is 0 Å². The van der Waals surface area contributed by atoms with E-state index in [9.17, 15) is 4.79 Å². The van der Waals surface area contributed by atoms with Gasteiger partial charge in [-0.05, 0) is 56.3 Å². The van der Waals surface area contributed by atoms with Crippen molar-refractivity contribution >= 4 is 5.97 Å². The molecule has 2 saturated carbocycles. The van der Waals surface area contributed by atoms with E-state index in [2.05, 4.69) is 18.7 Å². The molecule has 0 heterocycles. The second kappa shape index (κ2) is 7.63. The Balaban J connectivity index is 1.74. The lowest BCUT2D eigenvalue weighted by atomic mass is 9.84. The third kappa shape index (κ3) is 3.95. The molecule has 0 aliphatic heterocycles. The summed E-state index contributed by atoms with van der Waals surface area (Å²) in [5, 5.41) is 8.58. The molecule has 0 spiro atoms. The van der Waals surface area contributed by atoms with Gasteiger partial charge in [-0.15, -0.1) is 6.58 Å². The van der Waals surface area contributed by atoms with Crippen molar-refractivity contribution < 1.29 is 14.6 Å². The SMILES string of the molecule is C=CCO[C@@H]1[C@@H]2CC[C@@H](C2)[C@@H]1C/C=C\CCCC(=O)O. The molecule has 0 unspecified atom stereocenters. The largest absolute Gasteiger partial charge is 0.481 e. The van der Waals surface area contributed by atoms with Crippen LogP contribution in [0.4, 0.5) is 0 Å². The molecular formula is C17H26O3. The number of allylic oxidation sites excluding steroid dienone is 2. The number of aliphatic carboxylic acids is 1. The maximum atomic E-state index is 10.4. The molecule has 3 nitrogen and oxygen atoms in total. The van der Waals surface area contributed by atoms with E-state index in [1.54, 1.807) is 0 Å². The predicted octanol–water partition coefficient (Wildman–Crippen LogP) is 3.80. The molecular weight excluding hydrogens is 252 g/mol. The smallest absolute Gasteiger partial charge is 0.303 e. The third-order valence-corrected chi connectivity index (χ3v) is 4.75. The molecule has 0 aromatic carbocycles. The van der Waals surface area contributed by atoms with Crippen LogP contribution in [0.2, 0.25) is 0 Å². The van der Waals surface area contributed by atoms with Gasteiger partial charge < -0.3 is 9.84 Å². The van der Waals surface area contributed by atoms with E-state index in [1.165, 1.54) is 19.3 Å². The van der Waals surface area contributed by atoms with Crippen LogP contribution in [0.25, 0.3) is 0 Å². The van der Waals surface area contributed by atoms with Gasteiger partial charge in [0.2, 0.25) is 0 Å². The van der Waals surface area contributed by atoms with E-state index >= 15 is 0 Å². The van der Waals surface area contributed by atoms with Crippen LogP contribution in [0.3, 0.4) is 0 Å². The van der Waals surface area contributed by atoms with Crippen LogP contribution in [-0.4, -0.2) is 23.8 Å². The summed E-state index contributed by atoms with van der Waals surface area (Å²) in [5.41, 5.74) is 0. The summed E-state index contributed by atoms with van der Waals surface area (Å²) in [6, 6.07) is 0. The van der Waals surface area contributed by atoms with Gasteiger partial charge in [-0.1, -0.05) is 18.2 Å². The van der Waals surface area contributed by atoms with Gasteiger partial charge in [0, 0.05) is 6.42 Å². The molecule has 2 aliphatic carbocycles. The molecule has 2 fully saturated rings. The molecule has 0 aromatic heterocycles. The van der Waals surface area contributed by atoms with Gasteiger partial charge in [0.05, 0.1) is 12.7 Å². The average molecular weight is 278 g/mol. The van der Waals surface area contributed by atoms with E-state index < -0.39 is 5.97 Å². The zero-order chi connectivity index (χ0) is 14.4. The van der Waals surface area contributed by atoms with Gasteiger partial charge in [0.25, 0.3) is 0 Å². The summed E-state index contributed by atoms with van der Waals surface area (Å²) in [5.74, 6) is 1.54. The Bertz CT molecular complexity index is 361. The molecule has 2 bridgehead atoms. The van der Waals surface area contributed by atoms with E-state index in [4.69, 9.17) is 9.84 Å². The first-order valence-corrected chi connectivity index (χ1v) is 7.81. The summed E-state index contributed by atoms with van der Waals surface area (Å²) in [4.78, 5) is 10.4. The second-order valence-corrected chi connectivity index (χ2v) is 6.08. The maximum absolute atomic E-state index is 10.4. The van der Waals surface area contributed by atoms with Gasteiger partial charge in [-0.3, -0.25) is 4.79 Å². The molecule has 20 heavy (non-hydrogen) atoms. The van der Waals surface area contributed by atoms with Crippen LogP contribution in [0, 0.1) is 17.8 Å². The Labute approximate surface area is 121 Å². The fraction of sp³-hybridized carbons (Fsp3) is 0.706. The Morgan fingerprint density at radius 1 is 1.30 bits per heavy atom. The van der Waals surface area contributed by atoms with Gasteiger partial charge >= 0.3 is 5.97 Å². The van der Waals surface area contributed by atoms with E-state index in [0.29, 0.717) is 18.6 Å². The lowest BCUT2D eigenvalue weighted by Gasteiger charge is -2.30. The van der Waals surface area contributed by atoms with Gasteiger partial charge in [-0.25, -0.2) is 0 Å². The highest BCUT2D eigenvalue weighted by atomic mass is 16.5. The maximum Gasteiger partial charge on any atom is 0.303 e. The quantitative estimate of drug-likeness (QED) is 0.515. The van der Waals surface area contributed by atoms with Crippen molar-refractivity contribution in [3.05, 3.63) is 24.8 Å². The number of carboxylic acid groups (broad SMARTS) is 1.